The minimum absolute atomic E-state index is 0.0154. The van der Waals surface area contributed by atoms with E-state index in [2.05, 4.69) is 17.1 Å². The second-order valence-corrected chi connectivity index (χ2v) is 3.86. The van der Waals surface area contributed by atoms with Crippen LogP contribution in [0.1, 0.15) is 11.8 Å². The van der Waals surface area contributed by atoms with Crippen LogP contribution in [0.2, 0.25) is 0 Å². The van der Waals surface area contributed by atoms with Crippen LogP contribution >= 0.6 is 0 Å². The highest BCUT2D eigenvalue weighted by Crippen LogP contribution is 2.21. The van der Waals surface area contributed by atoms with Gasteiger partial charge in [-0.3, -0.25) is 0 Å². The Morgan fingerprint density at radius 3 is 2.88 bits per heavy atom. The van der Waals surface area contributed by atoms with Crippen LogP contribution in [0, 0.1) is 0 Å². The summed E-state index contributed by atoms with van der Waals surface area (Å²) in [6, 6.07) is 12.2. The highest BCUT2D eigenvalue weighted by atomic mass is 16.6. The van der Waals surface area contributed by atoms with E-state index in [1.165, 1.54) is 0 Å². The first-order valence-corrected chi connectivity index (χ1v) is 5.48. The molecule has 1 fully saturated rings. The number of aromatic nitrogens is 1. The van der Waals surface area contributed by atoms with Crippen LogP contribution in [0.25, 0.3) is 10.9 Å². The SMILES string of the molecule is c1ccc2nc(C3COCCO3)ccc2c1. The summed E-state index contributed by atoms with van der Waals surface area (Å²) in [5.41, 5.74) is 1.97. The van der Waals surface area contributed by atoms with Gasteiger partial charge < -0.3 is 9.47 Å². The Kier molecular flexibility index (Phi) is 2.56. The van der Waals surface area contributed by atoms with E-state index in [4.69, 9.17) is 9.47 Å². The van der Waals surface area contributed by atoms with Gasteiger partial charge in [0.25, 0.3) is 0 Å². The maximum Gasteiger partial charge on any atom is 0.123 e. The van der Waals surface area contributed by atoms with Gasteiger partial charge in [-0.25, -0.2) is 4.98 Å². The Morgan fingerprint density at radius 1 is 1.06 bits per heavy atom. The van der Waals surface area contributed by atoms with Crippen LogP contribution in [0.15, 0.2) is 36.4 Å². The number of benzene rings is 1. The summed E-state index contributed by atoms with van der Waals surface area (Å²) in [6.45, 7) is 1.94. The van der Waals surface area contributed by atoms with Crippen molar-refractivity contribution in [1.29, 1.82) is 0 Å². The molecular formula is C13H13NO2. The fourth-order valence-electron chi connectivity index (χ4n) is 1.92. The largest absolute Gasteiger partial charge is 0.376 e. The van der Waals surface area contributed by atoms with Gasteiger partial charge in [0.1, 0.15) is 6.10 Å². The van der Waals surface area contributed by atoms with Gasteiger partial charge in [0.15, 0.2) is 0 Å². The van der Waals surface area contributed by atoms with E-state index in [1.54, 1.807) is 0 Å². The highest BCUT2D eigenvalue weighted by molar-refractivity contribution is 5.78. The van der Waals surface area contributed by atoms with Crippen LogP contribution in [0.4, 0.5) is 0 Å². The Balaban J connectivity index is 1.97. The molecule has 1 aromatic heterocycles. The Hall–Kier alpha value is -1.45. The highest BCUT2D eigenvalue weighted by Gasteiger charge is 2.17. The zero-order chi connectivity index (χ0) is 10.8. The van der Waals surface area contributed by atoms with E-state index in [0.29, 0.717) is 19.8 Å². The van der Waals surface area contributed by atoms with Gasteiger partial charge in [0.05, 0.1) is 31.0 Å². The second-order valence-electron chi connectivity index (χ2n) is 3.86. The molecule has 1 aromatic carbocycles. The summed E-state index contributed by atoms with van der Waals surface area (Å²) >= 11 is 0. The van der Waals surface area contributed by atoms with Crippen molar-refractivity contribution >= 4 is 10.9 Å². The van der Waals surface area contributed by atoms with Gasteiger partial charge in [-0.2, -0.15) is 0 Å². The van der Waals surface area contributed by atoms with Crippen LogP contribution in [0.5, 0.6) is 0 Å². The summed E-state index contributed by atoms with van der Waals surface area (Å²) in [5, 5.41) is 1.16. The van der Waals surface area contributed by atoms with Crippen molar-refractivity contribution in [1.82, 2.24) is 4.98 Å². The van der Waals surface area contributed by atoms with E-state index in [-0.39, 0.29) is 6.10 Å². The molecule has 0 N–H and O–H groups in total. The Bertz CT molecular complexity index is 492. The summed E-state index contributed by atoms with van der Waals surface area (Å²) in [5.74, 6) is 0. The van der Waals surface area contributed by atoms with E-state index < -0.39 is 0 Å². The van der Waals surface area contributed by atoms with Crippen LogP contribution in [-0.4, -0.2) is 24.8 Å². The van der Waals surface area contributed by atoms with Gasteiger partial charge in [0, 0.05) is 5.39 Å². The first kappa shape index (κ1) is 9.75. The van der Waals surface area contributed by atoms with E-state index in [1.807, 2.05) is 24.3 Å². The molecule has 1 atom stereocenters. The van der Waals surface area contributed by atoms with Crippen molar-refractivity contribution in [2.45, 2.75) is 6.10 Å². The molecule has 2 aromatic rings. The standard InChI is InChI=1S/C13H13NO2/c1-2-4-11-10(3-1)5-6-12(14-11)13-9-15-7-8-16-13/h1-6,13H,7-9H2. The number of hydrogen-bond donors (Lipinski definition) is 0. The van der Waals surface area contributed by atoms with Crippen molar-refractivity contribution in [3.8, 4) is 0 Å². The first-order valence-electron chi connectivity index (χ1n) is 5.48. The zero-order valence-electron chi connectivity index (χ0n) is 8.93. The molecule has 16 heavy (non-hydrogen) atoms. The fourth-order valence-corrected chi connectivity index (χ4v) is 1.92. The quantitative estimate of drug-likeness (QED) is 0.731. The smallest absolute Gasteiger partial charge is 0.123 e. The third-order valence-corrected chi connectivity index (χ3v) is 2.77. The number of nitrogens with zero attached hydrogens (tertiary/aromatic N) is 1. The van der Waals surface area contributed by atoms with E-state index >= 15 is 0 Å². The van der Waals surface area contributed by atoms with Gasteiger partial charge in [-0.15, -0.1) is 0 Å². The van der Waals surface area contributed by atoms with E-state index in [0.717, 1.165) is 16.6 Å². The van der Waals surface area contributed by atoms with Crippen LogP contribution in [-0.2, 0) is 9.47 Å². The number of hydrogen-bond acceptors (Lipinski definition) is 3. The predicted octanol–water partition coefficient (Wildman–Crippen LogP) is 2.32. The molecular weight excluding hydrogens is 202 g/mol. The number of rotatable bonds is 1. The first-order chi connectivity index (χ1) is 7.93. The number of fused-ring (bicyclic) bond motifs is 1. The molecule has 3 heteroatoms. The maximum atomic E-state index is 5.63. The van der Waals surface area contributed by atoms with Gasteiger partial charge >= 0.3 is 0 Å². The van der Waals surface area contributed by atoms with E-state index in [9.17, 15) is 0 Å². The van der Waals surface area contributed by atoms with Crippen molar-refractivity contribution in [2.24, 2.45) is 0 Å². The van der Waals surface area contributed by atoms with Crippen molar-refractivity contribution < 1.29 is 9.47 Å². The Morgan fingerprint density at radius 2 is 2.00 bits per heavy atom. The molecule has 0 radical (unpaired) electrons. The number of para-hydroxylation sites is 1. The van der Waals surface area contributed by atoms with Gasteiger partial charge in [0.2, 0.25) is 0 Å². The minimum atomic E-state index is -0.0154. The molecule has 1 saturated heterocycles. The monoisotopic (exact) mass is 215 g/mol. The molecule has 0 aliphatic carbocycles. The molecule has 3 rings (SSSR count). The lowest BCUT2D eigenvalue weighted by Crippen LogP contribution is -2.22. The molecule has 1 aliphatic rings. The molecule has 1 aliphatic heterocycles. The molecule has 0 amide bonds. The summed E-state index contributed by atoms with van der Waals surface area (Å²) in [4.78, 5) is 4.59. The Labute approximate surface area is 94.0 Å². The lowest BCUT2D eigenvalue weighted by molar-refractivity contribution is -0.0916. The third kappa shape index (κ3) is 1.79. The lowest BCUT2D eigenvalue weighted by atomic mass is 10.1. The second kappa shape index (κ2) is 4.20. The average Bonchev–Trinajstić information content (AvgIpc) is 2.39. The third-order valence-electron chi connectivity index (χ3n) is 2.77. The number of pyridine rings is 1. The van der Waals surface area contributed by atoms with Crippen molar-refractivity contribution in [3.63, 3.8) is 0 Å². The normalized spacial score (nSPS) is 21.1. The van der Waals surface area contributed by atoms with Crippen molar-refractivity contribution in [2.75, 3.05) is 19.8 Å². The summed E-state index contributed by atoms with van der Waals surface area (Å²) in [6.07, 6.45) is -0.0154. The molecule has 0 bridgehead atoms. The zero-order valence-corrected chi connectivity index (χ0v) is 8.93. The molecule has 0 saturated carbocycles. The topological polar surface area (TPSA) is 31.4 Å². The van der Waals surface area contributed by atoms with Gasteiger partial charge in [-0.05, 0) is 12.1 Å². The van der Waals surface area contributed by atoms with Crippen LogP contribution in [0.3, 0.4) is 0 Å². The minimum Gasteiger partial charge on any atom is -0.376 e. The molecule has 1 unspecified atom stereocenters. The van der Waals surface area contributed by atoms with Crippen LogP contribution < -0.4 is 0 Å². The molecule has 3 nitrogen and oxygen atoms in total. The average molecular weight is 215 g/mol. The molecule has 0 spiro atoms. The summed E-state index contributed by atoms with van der Waals surface area (Å²) < 4.78 is 11.0. The van der Waals surface area contributed by atoms with Gasteiger partial charge in [-0.1, -0.05) is 24.3 Å². The maximum absolute atomic E-state index is 5.63. The summed E-state index contributed by atoms with van der Waals surface area (Å²) in [7, 11) is 0. The van der Waals surface area contributed by atoms with Crippen molar-refractivity contribution in [3.05, 3.63) is 42.1 Å². The molecule has 82 valence electrons. The lowest BCUT2D eigenvalue weighted by Gasteiger charge is -2.22. The predicted molar refractivity (Wildman–Crippen MR) is 61.3 cm³/mol. The number of ether oxygens (including phenoxy) is 2. The molecule has 2 heterocycles. The fraction of sp³-hybridized carbons (Fsp3) is 0.308.